The molecular weight excluding hydrogens is 292 g/mol. The minimum atomic E-state index is -3.04. The maximum Gasteiger partial charge on any atom is 0.161 e. The molecule has 2 saturated heterocycles. The van der Waals surface area contributed by atoms with Crippen molar-refractivity contribution in [2.75, 3.05) is 13.2 Å². The van der Waals surface area contributed by atoms with Crippen molar-refractivity contribution in [3.05, 3.63) is 23.8 Å². The third-order valence-electron chi connectivity index (χ3n) is 4.95. The quantitative estimate of drug-likeness (QED) is 0.848. The predicted octanol–water partition coefficient (Wildman–Crippen LogP) is 1.39. The summed E-state index contributed by atoms with van der Waals surface area (Å²) in [5.74, 6) is 1.31. The molecule has 1 aromatic carbocycles. The van der Waals surface area contributed by atoms with Crippen LogP contribution < -0.4 is 9.47 Å². The van der Waals surface area contributed by atoms with Crippen LogP contribution in [0, 0.1) is 0 Å². The molecule has 3 aliphatic heterocycles. The summed E-state index contributed by atoms with van der Waals surface area (Å²) in [4.78, 5) is 0. The lowest BCUT2D eigenvalue weighted by Crippen LogP contribution is -2.43. The molecule has 0 radical (unpaired) electrons. The van der Waals surface area contributed by atoms with E-state index in [1.807, 2.05) is 6.07 Å². The van der Waals surface area contributed by atoms with Crippen LogP contribution in [0.25, 0.3) is 0 Å². The second-order valence-electron chi connectivity index (χ2n) is 6.21. The van der Waals surface area contributed by atoms with Crippen LogP contribution in [0.3, 0.4) is 0 Å². The van der Waals surface area contributed by atoms with Gasteiger partial charge in [-0.25, -0.2) is 8.42 Å². The Balaban J connectivity index is 1.70. The first-order valence-electron chi connectivity index (χ1n) is 7.34. The average Bonchev–Trinajstić information content (AvgIpc) is 2.66. The highest BCUT2D eigenvalue weighted by Gasteiger charge is 2.53. The Morgan fingerprint density at radius 1 is 1.05 bits per heavy atom. The first-order valence-corrected chi connectivity index (χ1v) is 8.95. The number of hydrogen-bond acceptors (Lipinski definition) is 5. The maximum absolute atomic E-state index is 12.2. The Morgan fingerprint density at radius 2 is 1.67 bits per heavy atom. The Bertz CT molecular complexity index is 661. The topological polar surface area (TPSA) is 72.8 Å². The number of rotatable bonds is 1. The van der Waals surface area contributed by atoms with Gasteiger partial charge < -0.3 is 14.6 Å². The van der Waals surface area contributed by atoms with Gasteiger partial charge in [-0.2, -0.15) is 0 Å². The van der Waals surface area contributed by atoms with Gasteiger partial charge in [-0.15, -0.1) is 0 Å². The molecule has 0 aliphatic carbocycles. The molecule has 4 rings (SSSR count). The minimum absolute atomic E-state index is 0.283. The highest BCUT2D eigenvalue weighted by Crippen LogP contribution is 2.48. The van der Waals surface area contributed by atoms with Gasteiger partial charge >= 0.3 is 0 Å². The van der Waals surface area contributed by atoms with Crippen LogP contribution in [-0.2, 0) is 15.4 Å². The zero-order valence-corrected chi connectivity index (χ0v) is 12.4. The first-order chi connectivity index (χ1) is 9.99. The number of benzene rings is 1. The van der Waals surface area contributed by atoms with Crippen LogP contribution in [0.2, 0.25) is 0 Å². The van der Waals surface area contributed by atoms with Crippen LogP contribution in [0.5, 0.6) is 11.5 Å². The molecule has 0 aromatic heterocycles. The summed E-state index contributed by atoms with van der Waals surface area (Å²) in [6, 6.07) is 5.42. The van der Waals surface area contributed by atoms with Crippen molar-refractivity contribution < 1.29 is 23.0 Å². The molecule has 114 valence electrons. The van der Waals surface area contributed by atoms with Crippen molar-refractivity contribution in [2.45, 2.75) is 41.8 Å². The summed E-state index contributed by atoms with van der Waals surface area (Å²) in [5.41, 5.74) is -0.342. The Kier molecular flexibility index (Phi) is 2.78. The molecule has 3 aliphatic rings. The van der Waals surface area contributed by atoms with Crippen molar-refractivity contribution in [2.24, 2.45) is 0 Å². The van der Waals surface area contributed by atoms with Gasteiger partial charge in [0.1, 0.15) is 13.2 Å². The van der Waals surface area contributed by atoms with Gasteiger partial charge in [0.15, 0.2) is 21.3 Å². The Labute approximate surface area is 123 Å². The fourth-order valence-corrected chi connectivity index (χ4v) is 6.30. The minimum Gasteiger partial charge on any atom is -0.486 e. The second kappa shape index (κ2) is 4.36. The van der Waals surface area contributed by atoms with Crippen LogP contribution >= 0.6 is 0 Å². The average molecular weight is 310 g/mol. The Hall–Kier alpha value is -1.27. The van der Waals surface area contributed by atoms with Gasteiger partial charge in [-0.1, -0.05) is 6.07 Å². The van der Waals surface area contributed by atoms with Crippen molar-refractivity contribution in [3.8, 4) is 11.5 Å². The molecule has 5 nitrogen and oxygen atoms in total. The number of fused-ring (bicyclic) bond motifs is 3. The lowest BCUT2D eigenvalue weighted by molar-refractivity contribution is 0.0168. The zero-order chi connectivity index (χ0) is 14.7. The summed E-state index contributed by atoms with van der Waals surface area (Å²) >= 11 is 0. The van der Waals surface area contributed by atoms with E-state index in [4.69, 9.17) is 9.47 Å². The molecule has 2 unspecified atom stereocenters. The number of sulfone groups is 1. The molecule has 6 heteroatoms. The molecule has 3 heterocycles. The smallest absolute Gasteiger partial charge is 0.161 e. The van der Waals surface area contributed by atoms with Crippen molar-refractivity contribution in [3.63, 3.8) is 0 Å². The van der Waals surface area contributed by atoms with E-state index in [2.05, 4.69) is 0 Å². The van der Waals surface area contributed by atoms with E-state index >= 15 is 0 Å². The first kappa shape index (κ1) is 13.4. The lowest BCUT2D eigenvalue weighted by Gasteiger charge is -2.37. The van der Waals surface area contributed by atoms with Gasteiger partial charge in [0.05, 0.1) is 16.1 Å². The normalized spacial score (nSPS) is 36.4. The fourth-order valence-electron chi connectivity index (χ4n) is 3.81. The molecule has 1 aromatic rings. The molecule has 1 N–H and O–H groups in total. The molecule has 2 bridgehead atoms. The van der Waals surface area contributed by atoms with Gasteiger partial charge in [-0.3, -0.25) is 0 Å². The molecule has 2 fully saturated rings. The van der Waals surface area contributed by atoms with Crippen LogP contribution in [0.1, 0.15) is 31.2 Å². The third-order valence-corrected chi connectivity index (χ3v) is 7.61. The molecule has 21 heavy (non-hydrogen) atoms. The van der Waals surface area contributed by atoms with Crippen LogP contribution in [0.4, 0.5) is 0 Å². The van der Waals surface area contributed by atoms with Crippen molar-refractivity contribution >= 4 is 9.84 Å². The van der Waals surface area contributed by atoms with Crippen molar-refractivity contribution in [1.29, 1.82) is 0 Å². The van der Waals surface area contributed by atoms with E-state index in [0.29, 0.717) is 37.6 Å². The third kappa shape index (κ3) is 1.96. The van der Waals surface area contributed by atoms with E-state index in [-0.39, 0.29) is 12.8 Å². The largest absolute Gasteiger partial charge is 0.486 e. The maximum atomic E-state index is 12.2. The van der Waals surface area contributed by atoms with E-state index < -0.39 is 25.9 Å². The second-order valence-corrected chi connectivity index (χ2v) is 8.72. The molecule has 0 amide bonds. The van der Waals surface area contributed by atoms with Gasteiger partial charge in [0.25, 0.3) is 0 Å². The SMILES string of the molecule is O=S1(=O)C2CCC1CC(O)(c1ccc3c(c1)OCCO3)C2. The fraction of sp³-hybridized carbons (Fsp3) is 0.600. The van der Waals surface area contributed by atoms with E-state index in [0.717, 1.165) is 5.56 Å². The Morgan fingerprint density at radius 3 is 2.33 bits per heavy atom. The molecular formula is C15H18O5S. The molecule has 0 spiro atoms. The van der Waals surface area contributed by atoms with E-state index in [9.17, 15) is 13.5 Å². The monoisotopic (exact) mass is 310 g/mol. The molecule has 0 saturated carbocycles. The summed E-state index contributed by atoms with van der Waals surface area (Å²) < 4.78 is 35.4. The summed E-state index contributed by atoms with van der Waals surface area (Å²) in [6.45, 7) is 1.02. The zero-order valence-electron chi connectivity index (χ0n) is 11.6. The summed E-state index contributed by atoms with van der Waals surface area (Å²) in [6.07, 6.45) is 1.90. The summed E-state index contributed by atoms with van der Waals surface area (Å²) in [5, 5.41) is 10.2. The van der Waals surface area contributed by atoms with E-state index in [1.54, 1.807) is 12.1 Å². The van der Waals surface area contributed by atoms with Crippen LogP contribution in [0.15, 0.2) is 18.2 Å². The highest BCUT2D eigenvalue weighted by atomic mass is 32.2. The number of aliphatic hydroxyl groups is 1. The van der Waals surface area contributed by atoms with Crippen molar-refractivity contribution in [1.82, 2.24) is 0 Å². The standard InChI is InChI=1S/C15H18O5S/c16-15(8-11-2-3-12(9-15)21(11,17)18)10-1-4-13-14(7-10)20-6-5-19-13/h1,4,7,11-12,16H,2-3,5-6,8-9H2. The van der Waals surface area contributed by atoms with E-state index in [1.165, 1.54) is 0 Å². The van der Waals surface area contributed by atoms with Gasteiger partial charge in [-0.05, 0) is 43.4 Å². The number of ether oxygens (including phenoxy) is 2. The van der Waals surface area contributed by atoms with Crippen LogP contribution in [-0.4, -0.2) is 37.2 Å². The highest BCUT2D eigenvalue weighted by molar-refractivity contribution is 7.93. The van der Waals surface area contributed by atoms with Gasteiger partial charge in [0, 0.05) is 0 Å². The lowest BCUT2D eigenvalue weighted by atomic mass is 9.85. The predicted molar refractivity (Wildman–Crippen MR) is 76.3 cm³/mol. The number of hydrogen-bond donors (Lipinski definition) is 1. The van der Waals surface area contributed by atoms with Gasteiger partial charge in [0.2, 0.25) is 0 Å². The summed E-state index contributed by atoms with van der Waals surface area (Å²) in [7, 11) is -3.04. The molecule has 2 atom stereocenters.